The first-order valence-electron chi connectivity index (χ1n) is 12.8. The molecule has 3 aliphatic rings. The lowest BCUT2D eigenvalue weighted by Crippen LogP contribution is -2.50. The van der Waals surface area contributed by atoms with Crippen molar-refractivity contribution in [2.75, 3.05) is 49.1 Å². The van der Waals surface area contributed by atoms with Crippen molar-refractivity contribution < 1.29 is 28.6 Å². The molecule has 0 radical (unpaired) electrons. The number of carbonyl (C=O) groups is 3. The van der Waals surface area contributed by atoms with E-state index >= 15 is 0 Å². The molecule has 0 bridgehead atoms. The molecule has 0 spiro atoms. The minimum atomic E-state index is -0.511. The van der Waals surface area contributed by atoms with E-state index in [1.54, 1.807) is 9.80 Å². The third-order valence-corrected chi connectivity index (χ3v) is 6.73. The van der Waals surface area contributed by atoms with E-state index < -0.39 is 17.8 Å². The zero-order valence-corrected chi connectivity index (χ0v) is 22.1. The lowest BCUT2D eigenvalue weighted by molar-refractivity contribution is -0.119. The van der Waals surface area contributed by atoms with Gasteiger partial charge in [-0.25, -0.2) is 14.6 Å². The van der Waals surface area contributed by atoms with Crippen LogP contribution in [0.4, 0.5) is 21.1 Å². The third-order valence-electron chi connectivity index (χ3n) is 6.73. The van der Waals surface area contributed by atoms with E-state index in [4.69, 9.17) is 14.2 Å². The second-order valence-corrected chi connectivity index (χ2v) is 10.6. The number of pyridine rings is 1. The molecule has 1 aromatic heterocycles. The summed E-state index contributed by atoms with van der Waals surface area (Å²) >= 11 is 0. The van der Waals surface area contributed by atoms with E-state index in [0.29, 0.717) is 37.6 Å². The predicted octanol–water partition coefficient (Wildman–Crippen LogP) is 3.03. The molecule has 2 atom stereocenters. The van der Waals surface area contributed by atoms with Gasteiger partial charge in [-0.15, -0.1) is 0 Å². The van der Waals surface area contributed by atoms with E-state index in [-0.39, 0.29) is 31.2 Å². The highest BCUT2D eigenvalue weighted by Gasteiger charge is 2.46. The highest BCUT2D eigenvalue weighted by Crippen LogP contribution is 2.41. The Balaban J connectivity index is 1.23. The third kappa shape index (κ3) is 5.32. The van der Waals surface area contributed by atoms with Gasteiger partial charge < -0.3 is 29.3 Å². The van der Waals surface area contributed by atoms with Crippen LogP contribution in [0.25, 0.3) is 11.1 Å². The molecule has 11 heteroatoms. The topological polar surface area (TPSA) is 114 Å². The molecule has 4 heterocycles. The van der Waals surface area contributed by atoms with Crippen LogP contribution in [-0.2, 0) is 14.3 Å². The summed E-state index contributed by atoms with van der Waals surface area (Å²) in [5, 5.41) is 2.71. The van der Waals surface area contributed by atoms with Crippen LogP contribution < -0.4 is 19.9 Å². The zero-order chi connectivity index (χ0) is 27.0. The highest BCUT2D eigenvalue weighted by atomic mass is 16.6. The van der Waals surface area contributed by atoms with E-state index in [0.717, 1.165) is 16.9 Å². The number of hydrogen-bond donors (Lipinski definition) is 1. The van der Waals surface area contributed by atoms with E-state index in [2.05, 4.69) is 15.2 Å². The summed E-state index contributed by atoms with van der Waals surface area (Å²) < 4.78 is 17.0. The second kappa shape index (κ2) is 10.0. The Hall–Kier alpha value is -4.02. The number of nitrogens with zero attached hydrogens (tertiary/aromatic N) is 4. The second-order valence-electron chi connectivity index (χ2n) is 10.6. The summed E-state index contributed by atoms with van der Waals surface area (Å²) in [6, 6.07) is 9.35. The Morgan fingerprint density at radius 2 is 1.84 bits per heavy atom. The molecule has 3 amide bonds. The van der Waals surface area contributed by atoms with Crippen molar-refractivity contribution >= 4 is 29.6 Å². The standard InChI is InChI=1S/C27H33N5O6/c1-17(33)28-15-23-21-16-36-22-13-18(5-7-20(22)32(21)26(35)37-23)19-6-8-24(29-14-19)30-9-11-31(12-10-30)25(34)38-27(2,3)4/h5-8,13-14,21,23H,9-12,15-16H2,1-4H3,(H,28,33)/t21-,23-/m0/s1. The minimum absolute atomic E-state index is 0.177. The van der Waals surface area contributed by atoms with Crippen molar-refractivity contribution in [1.29, 1.82) is 0 Å². The van der Waals surface area contributed by atoms with Gasteiger partial charge in [0.25, 0.3) is 0 Å². The molecular formula is C27H33N5O6. The molecule has 0 unspecified atom stereocenters. The van der Waals surface area contributed by atoms with Crippen LogP contribution >= 0.6 is 0 Å². The Morgan fingerprint density at radius 1 is 1.11 bits per heavy atom. The molecule has 0 aliphatic carbocycles. The average molecular weight is 524 g/mol. The van der Waals surface area contributed by atoms with Gasteiger partial charge in [0.15, 0.2) is 0 Å². The van der Waals surface area contributed by atoms with Gasteiger partial charge in [-0.1, -0.05) is 6.07 Å². The number of rotatable bonds is 4. The number of cyclic esters (lactones) is 1. The van der Waals surface area contributed by atoms with Gasteiger partial charge in [-0.05, 0) is 50.6 Å². The quantitative estimate of drug-likeness (QED) is 0.651. The predicted molar refractivity (Wildman–Crippen MR) is 140 cm³/mol. The van der Waals surface area contributed by atoms with Crippen LogP contribution in [0.2, 0.25) is 0 Å². The monoisotopic (exact) mass is 523 g/mol. The van der Waals surface area contributed by atoms with Crippen LogP contribution in [0.15, 0.2) is 36.5 Å². The SMILES string of the molecule is CC(=O)NC[C@@H]1OC(=O)N2c3ccc(-c4ccc(N5CCN(C(=O)OC(C)(C)C)CC5)nc4)cc3OC[C@@H]12. The Labute approximate surface area is 221 Å². The summed E-state index contributed by atoms with van der Waals surface area (Å²) in [6.45, 7) is 10.0. The van der Waals surface area contributed by atoms with Crippen molar-refractivity contribution in [1.82, 2.24) is 15.2 Å². The lowest BCUT2D eigenvalue weighted by atomic mass is 10.0. The number of nitrogens with one attached hydrogen (secondary N) is 1. The van der Waals surface area contributed by atoms with E-state index in [1.807, 2.05) is 57.3 Å². The first kappa shape index (κ1) is 25.6. The molecule has 38 heavy (non-hydrogen) atoms. The molecule has 202 valence electrons. The molecule has 3 aliphatic heterocycles. The maximum atomic E-state index is 12.6. The Morgan fingerprint density at radius 3 is 2.50 bits per heavy atom. The molecular weight excluding hydrogens is 490 g/mol. The first-order chi connectivity index (χ1) is 18.1. The molecule has 11 nitrogen and oxygen atoms in total. The number of amides is 3. The van der Waals surface area contributed by atoms with Gasteiger partial charge in [0.1, 0.15) is 35.9 Å². The molecule has 5 rings (SSSR count). The van der Waals surface area contributed by atoms with Crippen molar-refractivity contribution in [3.63, 3.8) is 0 Å². The fourth-order valence-electron chi connectivity index (χ4n) is 4.82. The van der Waals surface area contributed by atoms with Crippen LogP contribution in [0, 0.1) is 0 Å². The van der Waals surface area contributed by atoms with Gasteiger partial charge in [0, 0.05) is 44.9 Å². The summed E-state index contributed by atoms with van der Waals surface area (Å²) in [7, 11) is 0. The molecule has 2 fully saturated rings. The lowest BCUT2D eigenvalue weighted by Gasteiger charge is -2.36. The van der Waals surface area contributed by atoms with Gasteiger partial charge >= 0.3 is 12.2 Å². The molecule has 1 N–H and O–H groups in total. The number of ether oxygens (including phenoxy) is 3. The van der Waals surface area contributed by atoms with Gasteiger partial charge in [0.2, 0.25) is 5.91 Å². The first-order valence-corrected chi connectivity index (χ1v) is 12.8. The maximum absolute atomic E-state index is 12.6. The minimum Gasteiger partial charge on any atom is -0.489 e. The zero-order valence-electron chi connectivity index (χ0n) is 22.1. The smallest absolute Gasteiger partial charge is 0.415 e. The molecule has 2 saturated heterocycles. The molecule has 1 aromatic carbocycles. The van der Waals surface area contributed by atoms with Crippen molar-refractivity contribution in [2.24, 2.45) is 0 Å². The number of carbonyl (C=O) groups excluding carboxylic acids is 3. The average Bonchev–Trinajstić information content (AvgIpc) is 3.22. The van der Waals surface area contributed by atoms with Gasteiger partial charge in [0.05, 0.1) is 12.2 Å². The maximum Gasteiger partial charge on any atom is 0.415 e. The van der Waals surface area contributed by atoms with Gasteiger partial charge in [-0.2, -0.15) is 0 Å². The van der Waals surface area contributed by atoms with Gasteiger partial charge in [-0.3, -0.25) is 9.69 Å². The number of fused-ring (bicyclic) bond motifs is 3. The van der Waals surface area contributed by atoms with E-state index in [9.17, 15) is 14.4 Å². The number of anilines is 2. The molecule has 0 saturated carbocycles. The largest absolute Gasteiger partial charge is 0.489 e. The summed E-state index contributed by atoms with van der Waals surface area (Å²) in [6.07, 6.45) is 0.616. The summed E-state index contributed by atoms with van der Waals surface area (Å²) in [5.41, 5.74) is 1.97. The number of benzene rings is 1. The Bertz CT molecular complexity index is 1220. The van der Waals surface area contributed by atoms with E-state index in [1.165, 1.54) is 6.92 Å². The van der Waals surface area contributed by atoms with Crippen LogP contribution in [0.1, 0.15) is 27.7 Å². The Kier molecular flexibility index (Phi) is 6.77. The van der Waals surface area contributed by atoms with Crippen LogP contribution in [0.5, 0.6) is 5.75 Å². The summed E-state index contributed by atoms with van der Waals surface area (Å²) in [4.78, 5) is 46.3. The van der Waals surface area contributed by atoms with Crippen LogP contribution in [0.3, 0.4) is 0 Å². The highest BCUT2D eigenvalue weighted by molar-refractivity contribution is 5.94. The number of hydrogen-bond acceptors (Lipinski definition) is 8. The number of aromatic nitrogens is 1. The normalized spacial score (nSPS) is 20.7. The molecule has 2 aromatic rings. The number of piperazine rings is 1. The van der Waals surface area contributed by atoms with Crippen molar-refractivity contribution in [2.45, 2.75) is 45.4 Å². The van der Waals surface area contributed by atoms with Crippen molar-refractivity contribution in [3.8, 4) is 16.9 Å². The fraction of sp³-hybridized carbons (Fsp3) is 0.481. The summed E-state index contributed by atoms with van der Waals surface area (Å²) in [5.74, 6) is 1.27. The van der Waals surface area contributed by atoms with Crippen LogP contribution in [-0.4, -0.2) is 85.1 Å². The van der Waals surface area contributed by atoms with Crippen molar-refractivity contribution in [3.05, 3.63) is 36.5 Å². The fourth-order valence-corrected chi connectivity index (χ4v) is 4.82.